The molecule has 162 valence electrons. The first-order valence-electron chi connectivity index (χ1n) is 10.8. The van der Waals surface area contributed by atoms with E-state index in [2.05, 4.69) is 18.8 Å². The van der Waals surface area contributed by atoms with Crippen molar-refractivity contribution in [3.8, 4) is 11.8 Å². The molecule has 0 bridgehead atoms. The van der Waals surface area contributed by atoms with E-state index in [1.54, 1.807) is 0 Å². The predicted octanol–water partition coefficient (Wildman–Crippen LogP) is 7.82. The van der Waals surface area contributed by atoms with Crippen molar-refractivity contribution in [2.24, 2.45) is 5.92 Å². The quantitative estimate of drug-likeness (QED) is 0.193. The summed E-state index contributed by atoms with van der Waals surface area (Å²) < 4.78 is 70.3. The molecule has 5 heteroatoms. The van der Waals surface area contributed by atoms with Crippen LogP contribution in [0, 0.1) is 35.2 Å². The molecule has 0 nitrogen and oxygen atoms in total. The van der Waals surface area contributed by atoms with Crippen molar-refractivity contribution in [2.75, 3.05) is 0 Å². The lowest BCUT2D eigenvalue weighted by molar-refractivity contribution is 0.0357. The summed E-state index contributed by atoms with van der Waals surface area (Å²) >= 11 is 0. The molecule has 0 aliphatic heterocycles. The molecular formula is C25H27F5. The van der Waals surface area contributed by atoms with Crippen LogP contribution in [0.2, 0.25) is 0 Å². The number of halogens is 5. The van der Waals surface area contributed by atoms with Gasteiger partial charge < -0.3 is 0 Å². The lowest BCUT2D eigenvalue weighted by Crippen LogP contribution is -2.39. The third-order valence-corrected chi connectivity index (χ3v) is 6.06. The maximum Gasteiger partial charge on any atom is 0.202 e. The van der Waals surface area contributed by atoms with Crippen molar-refractivity contribution in [3.63, 3.8) is 0 Å². The lowest BCUT2D eigenvalue weighted by atomic mass is 9.77. The molecule has 30 heavy (non-hydrogen) atoms. The molecule has 0 heterocycles. The van der Waals surface area contributed by atoms with Gasteiger partial charge in [0.15, 0.2) is 17.5 Å². The van der Waals surface area contributed by atoms with Crippen molar-refractivity contribution in [1.29, 1.82) is 0 Å². The van der Waals surface area contributed by atoms with Gasteiger partial charge in [-0.05, 0) is 48.8 Å². The summed E-state index contributed by atoms with van der Waals surface area (Å²) in [7, 11) is 0. The van der Waals surface area contributed by atoms with Crippen LogP contribution in [-0.2, 0) is 0 Å². The van der Waals surface area contributed by atoms with Gasteiger partial charge in [-0.15, -0.1) is 0 Å². The summed E-state index contributed by atoms with van der Waals surface area (Å²) in [4.78, 5) is 0. The van der Waals surface area contributed by atoms with E-state index in [1.165, 1.54) is 37.5 Å². The molecule has 1 aliphatic rings. The van der Waals surface area contributed by atoms with Gasteiger partial charge >= 0.3 is 0 Å². The number of benzene rings is 2. The number of alkyl halides is 2. The Morgan fingerprint density at radius 1 is 1.03 bits per heavy atom. The van der Waals surface area contributed by atoms with Gasteiger partial charge in [0.1, 0.15) is 6.17 Å². The first-order valence-corrected chi connectivity index (χ1v) is 10.8. The van der Waals surface area contributed by atoms with Crippen molar-refractivity contribution in [3.05, 3.63) is 47.3 Å². The highest BCUT2D eigenvalue weighted by atomic mass is 19.2. The van der Waals surface area contributed by atoms with Crippen LogP contribution in [0.15, 0.2) is 24.3 Å². The molecule has 1 aliphatic carbocycles. The molecule has 3 rings (SSSR count). The molecule has 1 saturated carbocycles. The Kier molecular flexibility index (Phi) is 7.39. The highest BCUT2D eigenvalue weighted by molar-refractivity contribution is 5.84. The second-order valence-corrected chi connectivity index (χ2v) is 8.35. The number of fused-ring (bicyclic) bond motifs is 1. The average molecular weight is 422 g/mol. The van der Waals surface area contributed by atoms with Gasteiger partial charge in [0.25, 0.3) is 0 Å². The van der Waals surface area contributed by atoms with Crippen LogP contribution < -0.4 is 0 Å². The highest BCUT2D eigenvalue weighted by Gasteiger charge is 2.43. The van der Waals surface area contributed by atoms with Crippen LogP contribution in [-0.4, -0.2) is 11.8 Å². The minimum absolute atomic E-state index is 0.0445. The Balaban J connectivity index is 1.66. The number of rotatable bonds is 6. The summed E-state index contributed by atoms with van der Waals surface area (Å²) in [6.07, 6.45) is 5.85. The van der Waals surface area contributed by atoms with Gasteiger partial charge in [-0.3, -0.25) is 0 Å². The number of hydrogen-bond donors (Lipinski definition) is 0. The van der Waals surface area contributed by atoms with E-state index >= 15 is 4.39 Å². The topological polar surface area (TPSA) is 0 Å². The van der Waals surface area contributed by atoms with Gasteiger partial charge in [-0.2, -0.15) is 0 Å². The molecule has 0 saturated heterocycles. The standard InChI is InChI=1S/C25H27F5/c1-2-3-4-5-6-7-17-10-12-25(30,22(27)15-17)13-11-18-8-9-20-19(14-18)16-21(26)24(29)23(20)28/h8-9,14,16-17,22H,2-7,10,12,15H2,1H3. The zero-order valence-electron chi connectivity index (χ0n) is 17.2. The molecule has 0 spiro atoms. The van der Waals surface area contributed by atoms with Gasteiger partial charge in [-0.25, -0.2) is 22.0 Å². The van der Waals surface area contributed by atoms with E-state index in [1.807, 2.05) is 0 Å². The van der Waals surface area contributed by atoms with E-state index in [9.17, 15) is 17.6 Å². The van der Waals surface area contributed by atoms with Crippen LogP contribution in [0.3, 0.4) is 0 Å². The highest BCUT2D eigenvalue weighted by Crippen LogP contribution is 2.39. The van der Waals surface area contributed by atoms with Crippen LogP contribution in [0.25, 0.3) is 10.8 Å². The van der Waals surface area contributed by atoms with E-state index < -0.39 is 29.3 Å². The van der Waals surface area contributed by atoms with Crippen molar-refractivity contribution >= 4 is 10.8 Å². The van der Waals surface area contributed by atoms with Gasteiger partial charge in [0, 0.05) is 10.9 Å². The monoisotopic (exact) mass is 422 g/mol. The molecule has 0 radical (unpaired) electrons. The average Bonchev–Trinajstić information content (AvgIpc) is 2.73. The maximum absolute atomic E-state index is 15.1. The number of unbranched alkanes of at least 4 members (excludes halogenated alkanes) is 4. The Labute approximate surface area is 174 Å². The second-order valence-electron chi connectivity index (χ2n) is 8.35. The Morgan fingerprint density at radius 3 is 2.53 bits per heavy atom. The van der Waals surface area contributed by atoms with Crippen molar-refractivity contribution in [1.82, 2.24) is 0 Å². The fraction of sp³-hybridized carbons (Fsp3) is 0.520. The van der Waals surface area contributed by atoms with Gasteiger partial charge in [0.05, 0.1) is 0 Å². The van der Waals surface area contributed by atoms with Crippen LogP contribution in [0.1, 0.15) is 70.3 Å². The van der Waals surface area contributed by atoms with E-state index in [-0.39, 0.29) is 29.5 Å². The first kappa shape index (κ1) is 22.6. The summed E-state index contributed by atoms with van der Waals surface area (Å²) in [6, 6.07) is 4.89. The van der Waals surface area contributed by atoms with E-state index in [0.717, 1.165) is 25.3 Å². The molecule has 2 aromatic rings. The molecule has 3 unspecified atom stereocenters. The zero-order valence-corrected chi connectivity index (χ0v) is 17.2. The van der Waals surface area contributed by atoms with E-state index in [4.69, 9.17) is 0 Å². The summed E-state index contributed by atoms with van der Waals surface area (Å²) in [5.74, 6) is 1.11. The molecule has 2 aromatic carbocycles. The molecule has 0 aromatic heterocycles. The maximum atomic E-state index is 15.1. The lowest BCUT2D eigenvalue weighted by Gasteiger charge is -2.33. The smallest absolute Gasteiger partial charge is 0.202 e. The second kappa shape index (κ2) is 9.81. The van der Waals surface area contributed by atoms with Crippen LogP contribution in [0.5, 0.6) is 0 Å². The summed E-state index contributed by atoms with van der Waals surface area (Å²) in [5.41, 5.74) is -1.91. The third kappa shape index (κ3) is 5.14. The minimum atomic E-state index is -2.22. The van der Waals surface area contributed by atoms with Crippen molar-refractivity contribution < 1.29 is 22.0 Å². The minimum Gasteiger partial charge on any atom is -0.243 e. The Morgan fingerprint density at radius 2 is 1.80 bits per heavy atom. The third-order valence-electron chi connectivity index (χ3n) is 6.06. The van der Waals surface area contributed by atoms with Crippen LogP contribution in [0.4, 0.5) is 22.0 Å². The predicted molar refractivity (Wildman–Crippen MR) is 110 cm³/mol. The normalized spacial score (nSPS) is 23.9. The molecule has 1 fully saturated rings. The molecule has 0 amide bonds. The molecule has 0 N–H and O–H groups in total. The van der Waals surface area contributed by atoms with E-state index in [0.29, 0.717) is 12.0 Å². The summed E-state index contributed by atoms with van der Waals surface area (Å²) in [5, 5.41) is 0.0342. The van der Waals surface area contributed by atoms with Gasteiger partial charge in [-0.1, -0.05) is 63.4 Å². The first-order chi connectivity index (χ1) is 14.3. The van der Waals surface area contributed by atoms with Gasteiger partial charge in [0.2, 0.25) is 5.67 Å². The summed E-state index contributed by atoms with van der Waals surface area (Å²) in [6.45, 7) is 2.16. The largest absolute Gasteiger partial charge is 0.243 e. The molecular weight excluding hydrogens is 395 g/mol. The molecule has 3 atom stereocenters. The fourth-order valence-corrected chi connectivity index (χ4v) is 4.17. The Bertz CT molecular complexity index is 942. The van der Waals surface area contributed by atoms with Crippen LogP contribution >= 0.6 is 0 Å². The Hall–Kier alpha value is -2.09. The SMILES string of the molecule is CCCCCCCC1CCC(F)(C#Cc2ccc3c(F)c(F)c(F)cc3c2)C(F)C1. The van der Waals surface area contributed by atoms with Crippen molar-refractivity contribution in [2.45, 2.75) is 76.6 Å². The number of hydrogen-bond acceptors (Lipinski definition) is 0. The fourth-order valence-electron chi connectivity index (χ4n) is 4.17. The zero-order chi connectivity index (χ0) is 21.7.